The second-order valence-electron chi connectivity index (χ2n) is 3.41. The van der Waals surface area contributed by atoms with E-state index in [2.05, 4.69) is 0 Å². The van der Waals surface area contributed by atoms with Crippen LogP contribution in [-0.2, 0) is 9.53 Å². The van der Waals surface area contributed by atoms with Gasteiger partial charge in [0.05, 0.1) is 6.61 Å². The lowest BCUT2D eigenvalue weighted by atomic mass is 10.2. The first kappa shape index (κ1) is 12.8. The molecular formula is C9H19NO2S. The summed E-state index contributed by atoms with van der Waals surface area (Å²) in [6, 6.07) is -0.453. The van der Waals surface area contributed by atoms with Crippen molar-refractivity contribution < 1.29 is 9.53 Å². The highest BCUT2D eigenvalue weighted by Crippen LogP contribution is 2.01. The molecule has 1 atom stereocenters. The Morgan fingerprint density at radius 3 is 2.62 bits per heavy atom. The van der Waals surface area contributed by atoms with E-state index in [1.54, 1.807) is 11.8 Å². The lowest BCUT2D eigenvalue weighted by Crippen LogP contribution is -2.33. The van der Waals surface area contributed by atoms with Gasteiger partial charge in [-0.2, -0.15) is 11.8 Å². The summed E-state index contributed by atoms with van der Waals surface area (Å²) in [6.45, 7) is 4.47. The number of carbonyl (C=O) groups excluding carboxylic acids is 1. The number of rotatable bonds is 6. The van der Waals surface area contributed by atoms with Gasteiger partial charge in [0.15, 0.2) is 0 Å². The fraction of sp³-hybridized carbons (Fsp3) is 0.889. The Morgan fingerprint density at radius 1 is 1.54 bits per heavy atom. The van der Waals surface area contributed by atoms with Crippen molar-refractivity contribution in [3.8, 4) is 0 Å². The van der Waals surface area contributed by atoms with Crippen molar-refractivity contribution in [3.05, 3.63) is 0 Å². The van der Waals surface area contributed by atoms with E-state index in [-0.39, 0.29) is 5.97 Å². The first-order chi connectivity index (χ1) is 6.07. The summed E-state index contributed by atoms with van der Waals surface area (Å²) in [4.78, 5) is 11.2. The number of ether oxygens (including phenoxy) is 1. The maximum atomic E-state index is 11.2. The normalized spacial score (nSPS) is 13.0. The molecule has 0 aliphatic carbocycles. The third-order valence-electron chi connectivity index (χ3n) is 1.49. The summed E-state index contributed by atoms with van der Waals surface area (Å²) in [7, 11) is 0. The van der Waals surface area contributed by atoms with Gasteiger partial charge in [-0.3, -0.25) is 4.79 Å². The van der Waals surface area contributed by atoms with Gasteiger partial charge in [0, 0.05) is 0 Å². The van der Waals surface area contributed by atoms with Crippen LogP contribution in [-0.4, -0.2) is 30.6 Å². The quantitative estimate of drug-likeness (QED) is 0.663. The molecule has 0 unspecified atom stereocenters. The summed E-state index contributed by atoms with van der Waals surface area (Å²) in [5, 5.41) is 0. The van der Waals surface area contributed by atoms with E-state index in [4.69, 9.17) is 10.5 Å². The maximum Gasteiger partial charge on any atom is 0.322 e. The predicted molar refractivity (Wildman–Crippen MR) is 56.8 cm³/mol. The van der Waals surface area contributed by atoms with Crippen LogP contribution in [0.5, 0.6) is 0 Å². The molecule has 0 aromatic carbocycles. The Bertz CT molecular complexity index is 151. The average molecular weight is 205 g/mol. The van der Waals surface area contributed by atoms with E-state index >= 15 is 0 Å². The van der Waals surface area contributed by atoms with E-state index in [9.17, 15) is 4.79 Å². The fourth-order valence-corrected chi connectivity index (χ4v) is 1.21. The number of carbonyl (C=O) groups is 1. The van der Waals surface area contributed by atoms with Crippen LogP contribution in [0.3, 0.4) is 0 Å². The minimum atomic E-state index is -0.453. The zero-order valence-electron chi connectivity index (χ0n) is 8.58. The van der Waals surface area contributed by atoms with Crippen LogP contribution in [0.1, 0.15) is 20.3 Å². The largest absolute Gasteiger partial charge is 0.464 e. The Labute approximate surface area is 84.4 Å². The number of hydrogen-bond acceptors (Lipinski definition) is 4. The molecule has 0 radical (unpaired) electrons. The van der Waals surface area contributed by atoms with Crippen molar-refractivity contribution in [1.82, 2.24) is 0 Å². The summed E-state index contributed by atoms with van der Waals surface area (Å²) < 4.78 is 4.99. The molecule has 0 aliphatic rings. The zero-order chi connectivity index (χ0) is 10.3. The SMILES string of the molecule is CSCC[C@@H](N)C(=O)OCC(C)C. The monoisotopic (exact) mass is 205 g/mol. The lowest BCUT2D eigenvalue weighted by Gasteiger charge is -2.11. The molecule has 0 rings (SSSR count). The van der Waals surface area contributed by atoms with E-state index < -0.39 is 6.04 Å². The molecule has 0 fully saturated rings. The van der Waals surface area contributed by atoms with E-state index in [0.29, 0.717) is 18.9 Å². The van der Waals surface area contributed by atoms with Gasteiger partial charge < -0.3 is 10.5 Å². The van der Waals surface area contributed by atoms with Crippen LogP contribution in [0.15, 0.2) is 0 Å². The van der Waals surface area contributed by atoms with Gasteiger partial charge in [-0.15, -0.1) is 0 Å². The average Bonchev–Trinajstić information content (AvgIpc) is 2.10. The van der Waals surface area contributed by atoms with E-state index in [1.807, 2.05) is 20.1 Å². The van der Waals surface area contributed by atoms with Crippen molar-refractivity contribution >= 4 is 17.7 Å². The van der Waals surface area contributed by atoms with Gasteiger partial charge in [-0.1, -0.05) is 13.8 Å². The van der Waals surface area contributed by atoms with Gasteiger partial charge >= 0.3 is 5.97 Å². The number of nitrogens with two attached hydrogens (primary N) is 1. The second-order valence-corrected chi connectivity index (χ2v) is 4.40. The topological polar surface area (TPSA) is 52.3 Å². The molecule has 0 bridgehead atoms. The molecule has 0 aromatic rings. The van der Waals surface area contributed by atoms with E-state index in [1.165, 1.54) is 0 Å². The van der Waals surface area contributed by atoms with Crippen LogP contribution in [0.4, 0.5) is 0 Å². The van der Waals surface area contributed by atoms with Crippen LogP contribution >= 0.6 is 11.8 Å². The van der Waals surface area contributed by atoms with Crippen LogP contribution in [0.25, 0.3) is 0 Å². The minimum absolute atomic E-state index is 0.275. The van der Waals surface area contributed by atoms with Crippen molar-refractivity contribution in [1.29, 1.82) is 0 Å². The van der Waals surface area contributed by atoms with Crippen molar-refractivity contribution in [2.75, 3.05) is 18.6 Å². The van der Waals surface area contributed by atoms with Crippen molar-refractivity contribution in [2.45, 2.75) is 26.3 Å². The molecule has 13 heavy (non-hydrogen) atoms. The molecule has 0 saturated carbocycles. The van der Waals surface area contributed by atoms with Gasteiger partial charge in [-0.25, -0.2) is 0 Å². The molecule has 3 nitrogen and oxygen atoms in total. The Hall–Kier alpha value is -0.220. The number of hydrogen-bond donors (Lipinski definition) is 1. The molecule has 0 saturated heterocycles. The molecule has 0 amide bonds. The van der Waals surface area contributed by atoms with Crippen LogP contribution in [0.2, 0.25) is 0 Å². The van der Waals surface area contributed by atoms with Gasteiger partial charge in [0.25, 0.3) is 0 Å². The molecular weight excluding hydrogens is 186 g/mol. The summed E-state index contributed by atoms with van der Waals surface area (Å²) in [5.74, 6) is 0.997. The fourth-order valence-electron chi connectivity index (χ4n) is 0.719. The second kappa shape index (κ2) is 7.21. The summed E-state index contributed by atoms with van der Waals surface area (Å²) in [6.07, 6.45) is 2.68. The highest BCUT2D eigenvalue weighted by atomic mass is 32.2. The van der Waals surface area contributed by atoms with Crippen LogP contribution < -0.4 is 5.73 Å². The van der Waals surface area contributed by atoms with E-state index in [0.717, 1.165) is 5.75 Å². The third kappa shape index (κ3) is 6.90. The molecule has 0 aliphatic heterocycles. The predicted octanol–water partition coefficient (Wildman–Crippen LogP) is 1.27. The highest BCUT2D eigenvalue weighted by Gasteiger charge is 2.14. The summed E-state index contributed by atoms with van der Waals surface area (Å²) in [5.41, 5.74) is 5.60. The van der Waals surface area contributed by atoms with Gasteiger partial charge in [0.1, 0.15) is 6.04 Å². The van der Waals surface area contributed by atoms with Crippen molar-refractivity contribution in [3.63, 3.8) is 0 Å². The standard InChI is InChI=1S/C9H19NO2S/c1-7(2)6-12-9(11)8(10)4-5-13-3/h7-8H,4-6,10H2,1-3H3/t8-/m1/s1. The Morgan fingerprint density at radius 2 is 2.15 bits per heavy atom. The molecule has 4 heteroatoms. The number of thioether (sulfide) groups is 1. The third-order valence-corrected chi connectivity index (χ3v) is 2.14. The molecule has 2 N–H and O–H groups in total. The highest BCUT2D eigenvalue weighted by molar-refractivity contribution is 7.98. The van der Waals surface area contributed by atoms with Gasteiger partial charge in [0.2, 0.25) is 0 Å². The molecule has 0 heterocycles. The lowest BCUT2D eigenvalue weighted by molar-refractivity contribution is -0.146. The summed E-state index contributed by atoms with van der Waals surface area (Å²) >= 11 is 1.68. The Balaban J connectivity index is 3.57. The maximum absolute atomic E-state index is 11.2. The first-order valence-corrected chi connectivity index (χ1v) is 5.88. The molecule has 0 aromatic heterocycles. The molecule has 78 valence electrons. The van der Waals surface area contributed by atoms with Crippen molar-refractivity contribution in [2.24, 2.45) is 11.7 Å². The number of esters is 1. The molecule has 0 spiro atoms. The van der Waals surface area contributed by atoms with Crippen LogP contribution in [0, 0.1) is 5.92 Å². The minimum Gasteiger partial charge on any atom is -0.464 e. The Kier molecular flexibility index (Phi) is 7.09. The van der Waals surface area contributed by atoms with Gasteiger partial charge in [-0.05, 0) is 24.3 Å². The smallest absolute Gasteiger partial charge is 0.322 e. The zero-order valence-corrected chi connectivity index (χ0v) is 9.39. The first-order valence-electron chi connectivity index (χ1n) is 4.49.